The number of hydrogen-bond acceptors (Lipinski definition) is 3. The number of halogens is 2. The number of guanidine groups is 1. The lowest BCUT2D eigenvalue weighted by molar-refractivity contribution is 0.599. The van der Waals surface area contributed by atoms with Crippen molar-refractivity contribution in [3.63, 3.8) is 0 Å². The maximum Gasteiger partial charge on any atom is 0.191 e. The summed E-state index contributed by atoms with van der Waals surface area (Å²) in [4.78, 5) is 4.66. The number of nitrogens with one attached hydrogen (secondary N) is 2. The highest BCUT2D eigenvalue weighted by Gasteiger charge is 2.44. The fourth-order valence-electron chi connectivity index (χ4n) is 3.15. The van der Waals surface area contributed by atoms with Crippen molar-refractivity contribution >= 4 is 39.8 Å². The summed E-state index contributed by atoms with van der Waals surface area (Å²) in [5.41, 5.74) is 1.12. The second-order valence-electron chi connectivity index (χ2n) is 6.73. The van der Waals surface area contributed by atoms with E-state index in [1.54, 1.807) is 0 Å². The quantitative estimate of drug-likeness (QED) is 0.385. The van der Waals surface area contributed by atoms with Gasteiger partial charge in [0.1, 0.15) is 5.82 Å². The lowest BCUT2D eigenvalue weighted by Gasteiger charge is -2.18. The molecular weight excluding hydrogens is 456 g/mol. The molecule has 1 saturated heterocycles. The van der Waals surface area contributed by atoms with Crippen LogP contribution in [0.5, 0.6) is 0 Å². The Bertz CT molecular complexity index is 718. The van der Waals surface area contributed by atoms with Crippen molar-refractivity contribution in [2.45, 2.75) is 37.6 Å². The monoisotopic (exact) mass is 481 g/mol. The fourth-order valence-corrected chi connectivity index (χ4v) is 4.82. The number of sulfone groups is 1. The zero-order valence-corrected chi connectivity index (χ0v) is 17.4. The molecule has 3 rings (SSSR count). The smallest absolute Gasteiger partial charge is 0.191 e. The molecule has 1 aliphatic heterocycles. The molecular formula is C17H25FIN3O2S. The predicted molar refractivity (Wildman–Crippen MR) is 109 cm³/mol. The third kappa shape index (κ3) is 5.29. The van der Waals surface area contributed by atoms with Crippen LogP contribution in [0.1, 0.15) is 31.7 Å². The molecule has 1 aliphatic carbocycles. The molecule has 0 bridgehead atoms. The number of nitrogens with zero attached hydrogens (tertiary/aromatic N) is 1. The van der Waals surface area contributed by atoms with Crippen LogP contribution in [-0.4, -0.2) is 45.0 Å². The maximum atomic E-state index is 13.1. The van der Waals surface area contributed by atoms with Crippen molar-refractivity contribution in [3.8, 4) is 0 Å². The first kappa shape index (κ1) is 20.4. The van der Waals surface area contributed by atoms with Crippen molar-refractivity contribution in [2.24, 2.45) is 4.99 Å². The molecule has 1 aromatic rings. The molecule has 2 N–H and O–H groups in total. The number of benzene rings is 1. The number of hydrogen-bond donors (Lipinski definition) is 2. The first-order chi connectivity index (χ1) is 11.4. The van der Waals surface area contributed by atoms with Crippen molar-refractivity contribution in [1.29, 1.82) is 0 Å². The molecule has 0 amide bonds. The van der Waals surface area contributed by atoms with Gasteiger partial charge in [-0.25, -0.2) is 12.8 Å². The summed E-state index contributed by atoms with van der Waals surface area (Å²) in [5.74, 6) is 0.841. The summed E-state index contributed by atoms with van der Waals surface area (Å²) in [5, 5.41) is 6.42. The highest BCUT2D eigenvalue weighted by molar-refractivity contribution is 14.0. The molecule has 1 unspecified atom stereocenters. The van der Waals surface area contributed by atoms with E-state index >= 15 is 0 Å². The van der Waals surface area contributed by atoms with Gasteiger partial charge in [-0.2, -0.15) is 0 Å². The standard InChI is InChI=1S/C17H24FN3O2S.HI/c1-2-19-16(21-15-7-10-24(22,23)11-15)20-12-17(8-9-17)13-3-5-14(18)6-4-13;/h3-6,15H,2,7-12H2,1H3,(H2,19,20,21);1H. The maximum absolute atomic E-state index is 13.1. The molecule has 0 aromatic heterocycles. The van der Waals surface area contributed by atoms with Crippen molar-refractivity contribution in [3.05, 3.63) is 35.6 Å². The van der Waals surface area contributed by atoms with Gasteiger partial charge in [-0.05, 0) is 43.9 Å². The Morgan fingerprint density at radius 3 is 2.52 bits per heavy atom. The minimum Gasteiger partial charge on any atom is -0.357 e. The van der Waals surface area contributed by atoms with Crippen LogP contribution in [0.25, 0.3) is 0 Å². The Kier molecular flexibility index (Phi) is 6.69. The number of rotatable bonds is 5. The molecule has 1 aromatic carbocycles. The van der Waals surface area contributed by atoms with E-state index in [9.17, 15) is 12.8 Å². The topological polar surface area (TPSA) is 70.6 Å². The molecule has 140 valence electrons. The highest BCUT2D eigenvalue weighted by atomic mass is 127. The van der Waals surface area contributed by atoms with Crippen LogP contribution in [0, 0.1) is 5.82 Å². The summed E-state index contributed by atoms with van der Waals surface area (Å²) in [7, 11) is -2.91. The van der Waals surface area contributed by atoms with E-state index < -0.39 is 9.84 Å². The van der Waals surface area contributed by atoms with Crippen LogP contribution in [-0.2, 0) is 15.3 Å². The SMILES string of the molecule is CCNC(=NCC1(c2ccc(F)cc2)CC1)NC1CCS(=O)(=O)C1.I. The van der Waals surface area contributed by atoms with E-state index in [1.807, 2.05) is 19.1 Å². The number of aliphatic imine (C=N–C) groups is 1. The van der Waals surface area contributed by atoms with Crippen molar-refractivity contribution < 1.29 is 12.8 Å². The minimum atomic E-state index is -2.91. The molecule has 25 heavy (non-hydrogen) atoms. The van der Waals surface area contributed by atoms with Crippen LogP contribution in [0.15, 0.2) is 29.3 Å². The molecule has 1 heterocycles. The minimum absolute atomic E-state index is 0. The fraction of sp³-hybridized carbons (Fsp3) is 0.588. The van der Waals surface area contributed by atoms with E-state index in [4.69, 9.17) is 0 Å². The van der Waals surface area contributed by atoms with Crippen LogP contribution in [0.3, 0.4) is 0 Å². The lowest BCUT2D eigenvalue weighted by atomic mass is 9.96. The van der Waals surface area contributed by atoms with Crippen molar-refractivity contribution in [1.82, 2.24) is 10.6 Å². The summed E-state index contributed by atoms with van der Waals surface area (Å²) < 4.78 is 36.3. The van der Waals surface area contributed by atoms with Gasteiger partial charge in [-0.3, -0.25) is 4.99 Å². The Hall–Kier alpha value is -0.900. The molecule has 5 nitrogen and oxygen atoms in total. The largest absolute Gasteiger partial charge is 0.357 e. The lowest BCUT2D eigenvalue weighted by Crippen LogP contribution is -2.44. The van der Waals surface area contributed by atoms with Gasteiger partial charge < -0.3 is 10.6 Å². The molecule has 0 radical (unpaired) electrons. The first-order valence-electron chi connectivity index (χ1n) is 8.44. The van der Waals surface area contributed by atoms with Crippen LogP contribution < -0.4 is 10.6 Å². The van der Waals surface area contributed by atoms with Crippen molar-refractivity contribution in [2.75, 3.05) is 24.6 Å². The van der Waals surface area contributed by atoms with Gasteiger partial charge in [-0.15, -0.1) is 24.0 Å². The van der Waals surface area contributed by atoms with Gasteiger partial charge in [0.15, 0.2) is 15.8 Å². The molecule has 1 atom stereocenters. The van der Waals surface area contributed by atoms with Gasteiger partial charge in [-0.1, -0.05) is 12.1 Å². The molecule has 2 fully saturated rings. The highest BCUT2D eigenvalue weighted by Crippen LogP contribution is 2.48. The van der Waals surface area contributed by atoms with E-state index in [0.29, 0.717) is 18.9 Å². The second-order valence-corrected chi connectivity index (χ2v) is 8.96. The Morgan fingerprint density at radius 2 is 2.00 bits per heavy atom. The third-order valence-electron chi connectivity index (χ3n) is 4.77. The molecule has 2 aliphatic rings. The van der Waals surface area contributed by atoms with Gasteiger partial charge >= 0.3 is 0 Å². The zero-order valence-electron chi connectivity index (χ0n) is 14.3. The van der Waals surface area contributed by atoms with Gasteiger partial charge in [0.05, 0.1) is 18.1 Å². The van der Waals surface area contributed by atoms with E-state index in [1.165, 1.54) is 12.1 Å². The van der Waals surface area contributed by atoms with E-state index in [2.05, 4.69) is 15.6 Å². The van der Waals surface area contributed by atoms with Gasteiger partial charge in [0, 0.05) is 18.0 Å². The normalized spacial score (nSPS) is 23.6. The van der Waals surface area contributed by atoms with Crippen LogP contribution >= 0.6 is 24.0 Å². The van der Waals surface area contributed by atoms with Gasteiger partial charge in [0.2, 0.25) is 0 Å². The summed E-state index contributed by atoms with van der Waals surface area (Å²) in [6, 6.07) is 6.58. The summed E-state index contributed by atoms with van der Waals surface area (Å²) in [6.45, 7) is 3.32. The molecule has 0 spiro atoms. The zero-order chi connectivity index (χ0) is 17.2. The average molecular weight is 481 g/mol. The third-order valence-corrected chi connectivity index (χ3v) is 6.54. The second kappa shape index (κ2) is 8.20. The van der Waals surface area contributed by atoms with Gasteiger partial charge in [0.25, 0.3) is 0 Å². The average Bonchev–Trinajstić information content (AvgIpc) is 3.25. The van der Waals surface area contributed by atoms with Crippen LogP contribution in [0.2, 0.25) is 0 Å². The Morgan fingerprint density at radius 1 is 1.32 bits per heavy atom. The summed E-state index contributed by atoms with van der Waals surface area (Å²) >= 11 is 0. The molecule has 1 saturated carbocycles. The van der Waals surface area contributed by atoms with E-state index in [-0.39, 0.29) is 52.8 Å². The van der Waals surface area contributed by atoms with E-state index in [0.717, 1.165) is 24.9 Å². The summed E-state index contributed by atoms with van der Waals surface area (Å²) in [6.07, 6.45) is 2.70. The first-order valence-corrected chi connectivity index (χ1v) is 10.3. The van der Waals surface area contributed by atoms with Crippen LogP contribution in [0.4, 0.5) is 4.39 Å². The molecule has 8 heteroatoms. The Balaban J connectivity index is 0.00000225. The predicted octanol–water partition coefficient (Wildman–Crippen LogP) is 2.22. The Labute approximate surface area is 165 Å².